The highest BCUT2D eigenvalue weighted by atomic mass is 32.2. The third-order valence-corrected chi connectivity index (χ3v) is 9.23. The molecule has 8 nitrogen and oxygen atoms in total. The SMILES string of the molecule is COc1ccccc1NS(=O)(=O)c1ccc2oc(SCC(=O)N3C[C@]4(C)C[C@@H]3CC(C)(C)C4)nc2c1. The number of ether oxygens (including phenoxy) is 1. The van der Waals surface area contributed by atoms with Gasteiger partial charge < -0.3 is 14.1 Å². The van der Waals surface area contributed by atoms with Crippen LogP contribution in [0.2, 0.25) is 0 Å². The van der Waals surface area contributed by atoms with Gasteiger partial charge >= 0.3 is 0 Å². The first-order valence-corrected chi connectivity index (χ1v) is 14.4. The van der Waals surface area contributed by atoms with Crippen LogP contribution in [0.15, 0.2) is 57.0 Å². The number of aromatic nitrogens is 1. The van der Waals surface area contributed by atoms with Gasteiger partial charge in [-0.15, -0.1) is 0 Å². The van der Waals surface area contributed by atoms with Crippen molar-refractivity contribution in [3.8, 4) is 5.75 Å². The average Bonchev–Trinajstić information content (AvgIpc) is 3.33. The Morgan fingerprint density at radius 1 is 1.22 bits per heavy atom. The van der Waals surface area contributed by atoms with Crippen molar-refractivity contribution in [2.45, 2.75) is 56.2 Å². The smallest absolute Gasteiger partial charge is 0.262 e. The largest absolute Gasteiger partial charge is 0.495 e. The van der Waals surface area contributed by atoms with E-state index in [1.54, 1.807) is 30.3 Å². The molecule has 3 aromatic rings. The average molecular weight is 530 g/mol. The summed E-state index contributed by atoms with van der Waals surface area (Å²) >= 11 is 1.24. The molecule has 1 saturated carbocycles. The van der Waals surface area contributed by atoms with Crippen LogP contribution < -0.4 is 9.46 Å². The van der Waals surface area contributed by atoms with Gasteiger partial charge in [-0.25, -0.2) is 13.4 Å². The molecule has 2 fully saturated rings. The molecule has 0 spiro atoms. The molecule has 2 aromatic carbocycles. The molecule has 1 aliphatic heterocycles. The Morgan fingerprint density at radius 3 is 2.78 bits per heavy atom. The van der Waals surface area contributed by atoms with Crippen LogP contribution in [0.25, 0.3) is 11.1 Å². The fourth-order valence-corrected chi connectivity index (χ4v) is 7.82. The van der Waals surface area contributed by atoms with Gasteiger partial charge in [-0.2, -0.15) is 0 Å². The van der Waals surface area contributed by atoms with Crippen molar-refractivity contribution in [3.63, 3.8) is 0 Å². The highest BCUT2D eigenvalue weighted by Gasteiger charge is 2.50. The summed E-state index contributed by atoms with van der Waals surface area (Å²) in [5.41, 5.74) is 1.66. The third-order valence-electron chi connectivity index (χ3n) is 7.06. The van der Waals surface area contributed by atoms with Gasteiger partial charge in [0.1, 0.15) is 11.3 Å². The van der Waals surface area contributed by atoms with Crippen LogP contribution in [0, 0.1) is 10.8 Å². The molecule has 1 aromatic heterocycles. The number of carbonyl (C=O) groups is 1. The van der Waals surface area contributed by atoms with Gasteiger partial charge in [0.05, 0.1) is 23.4 Å². The summed E-state index contributed by atoms with van der Waals surface area (Å²) < 4.78 is 39.5. The lowest BCUT2D eigenvalue weighted by atomic mass is 9.65. The first kappa shape index (κ1) is 25.0. The van der Waals surface area contributed by atoms with Crippen LogP contribution in [0.4, 0.5) is 5.69 Å². The van der Waals surface area contributed by atoms with Crippen LogP contribution in [-0.2, 0) is 14.8 Å². The second-order valence-electron chi connectivity index (χ2n) is 10.9. The lowest BCUT2D eigenvalue weighted by Gasteiger charge is -2.39. The topological polar surface area (TPSA) is 102 Å². The summed E-state index contributed by atoms with van der Waals surface area (Å²) in [5.74, 6) is 0.754. The molecule has 0 unspecified atom stereocenters. The van der Waals surface area contributed by atoms with E-state index in [2.05, 4.69) is 30.5 Å². The second-order valence-corrected chi connectivity index (χ2v) is 13.5. The molecule has 0 radical (unpaired) electrons. The summed E-state index contributed by atoms with van der Waals surface area (Å²) in [6, 6.07) is 11.6. The molecule has 2 aliphatic rings. The molecule has 192 valence electrons. The number of benzene rings is 2. The van der Waals surface area contributed by atoms with Crippen LogP contribution in [0.3, 0.4) is 0 Å². The number of sulfonamides is 1. The molecule has 36 heavy (non-hydrogen) atoms. The number of rotatable bonds is 7. The summed E-state index contributed by atoms with van der Waals surface area (Å²) in [6.07, 6.45) is 3.23. The van der Waals surface area contributed by atoms with Crippen molar-refractivity contribution in [3.05, 3.63) is 42.5 Å². The van der Waals surface area contributed by atoms with Crippen molar-refractivity contribution in [1.82, 2.24) is 9.88 Å². The Kier molecular flexibility index (Phi) is 6.23. The predicted molar refractivity (Wildman–Crippen MR) is 140 cm³/mol. The Bertz CT molecular complexity index is 1420. The van der Waals surface area contributed by atoms with Gasteiger partial charge in [0.2, 0.25) is 5.91 Å². The molecular weight excluding hydrogens is 498 g/mol. The van der Waals surface area contributed by atoms with E-state index in [1.807, 2.05) is 4.90 Å². The molecule has 10 heteroatoms. The Balaban J connectivity index is 1.28. The summed E-state index contributed by atoms with van der Waals surface area (Å²) in [4.78, 5) is 19.6. The number of amides is 1. The number of nitrogens with zero attached hydrogens (tertiary/aromatic N) is 2. The summed E-state index contributed by atoms with van der Waals surface area (Å²) in [7, 11) is -2.39. The van der Waals surface area contributed by atoms with Crippen molar-refractivity contribution in [2.75, 3.05) is 24.1 Å². The lowest BCUT2D eigenvalue weighted by Crippen LogP contribution is -2.38. The fraction of sp³-hybridized carbons (Fsp3) is 0.462. The van der Waals surface area contributed by atoms with Crippen molar-refractivity contribution < 1.29 is 22.4 Å². The predicted octanol–water partition coefficient (Wildman–Crippen LogP) is 5.16. The number of thioether (sulfide) groups is 1. The Morgan fingerprint density at radius 2 is 2.00 bits per heavy atom. The van der Waals surface area contributed by atoms with E-state index in [-0.39, 0.29) is 27.4 Å². The fourth-order valence-electron chi connectivity index (χ4n) is 6.01. The van der Waals surface area contributed by atoms with Gasteiger partial charge in [-0.05, 0) is 60.4 Å². The maximum Gasteiger partial charge on any atom is 0.262 e. The molecule has 2 atom stereocenters. The molecule has 2 heterocycles. The molecule has 1 saturated heterocycles. The monoisotopic (exact) mass is 529 g/mol. The van der Waals surface area contributed by atoms with E-state index in [9.17, 15) is 13.2 Å². The first-order valence-electron chi connectivity index (χ1n) is 12.0. The van der Waals surface area contributed by atoms with Crippen LogP contribution >= 0.6 is 11.8 Å². The van der Waals surface area contributed by atoms with E-state index in [0.29, 0.717) is 33.8 Å². The molecular formula is C26H31N3O5S2. The zero-order chi connectivity index (χ0) is 25.7. The van der Waals surface area contributed by atoms with Gasteiger partial charge in [0.15, 0.2) is 5.58 Å². The van der Waals surface area contributed by atoms with Gasteiger partial charge in [0.25, 0.3) is 15.2 Å². The number of oxazole rings is 1. The van der Waals surface area contributed by atoms with Crippen LogP contribution in [0.1, 0.15) is 40.0 Å². The van der Waals surface area contributed by atoms with Crippen LogP contribution in [0.5, 0.6) is 5.75 Å². The van der Waals surface area contributed by atoms with E-state index < -0.39 is 10.0 Å². The number of likely N-dealkylation sites (tertiary alicyclic amines) is 1. The van der Waals surface area contributed by atoms with Crippen molar-refractivity contribution in [1.29, 1.82) is 0 Å². The summed E-state index contributed by atoms with van der Waals surface area (Å²) in [5, 5.41) is 0.347. The molecule has 2 bridgehead atoms. The number of carbonyl (C=O) groups excluding carboxylic acids is 1. The molecule has 1 aliphatic carbocycles. The third kappa shape index (κ3) is 4.93. The molecule has 1 amide bonds. The number of methoxy groups -OCH3 is 1. The van der Waals surface area contributed by atoms with Crippen molar-refractivity contribution in [2.24, 2.45) is 10.8 Å². The minimum absolute atomic E-state index is 0.0574. The highest BCUT2D eigenvalue weighted by molar-refractivity contribution is 7.99. The van der Waals surface area contributed by atoms with Crippen molar-refractivity contribution >= 4 is 44.5 Å². The van der Waals surface area contributed by atoms with E-state index >= 15 is 0 Å². The number of hydrogen-bond donors (Lipinski definition) is 1. The maximum absolute atomic E-state index is 13.1. The number of fused-ring (bicyclic) bond motifs is 3. The number of anilines is 1. The van der Waals surface area contributed by atoms with E-state index in [0.717, 1.165) is 25.8 Å². The van der Waals surface area contributed by atoms with Gasteiger partial charge in [-0.3, -0.25) is 9.52 Å². The van der Waals surface area contributed by atoms with E-state index in [4.69, 9.17) is 9.15 Å². The Hall–Kier alpha value is -2.72. The normalized spacial score (nSPS) is 23.1. The van der Waals surface area contributed by atoms with Gasteiger partial charge in [0, 0.05) is 12.6 Å². The van der Waals surface area contributed by atoms with Gasteiger partial charge in [-0.1, -0.05) is 44.7 Å². The first-order chi connectivity index (χ1) is 17.0. The highest BCUT2D eigenvalue weighted by Crippen LogP contribution is 2.52. The molecule has 1 N–H and O–H groups in total. The summed E-state index contributed by atoms with van der Waals surface area (Å²) in [6.45, 7) is 7.67. The number of nitrogens with one attached hydrogen (secondary N) is 1. The Labute approximate surface area is 215 Å². The van der Waals surface area contributed by atoms with E-state index in [1.165, 1.54) is 31.0 Å². The zero-order valence-corrected chi connectivity index (χ0v) is 22.5. The molecule has 5 rings (SSSR count). The number of hydrogen-bond acceptors (Lipinski definition) is 7. The standard InChI is InChI=1S/C26H31N3O5S2/c1-25(2)12-17-13-26(3,15-25)16-29(17)23(30)14-35-24-27-20-11-18(9-10-22(20)34-24)36(31,32)28-19-7-5-6-8-21(19)33-4/h5-11,17,28H,12-16H2,1-4H3/t17-,26+/m0/s1. The minimum atomic E-state index is -3.87. The zero-order valence-electron chi connectivity index (χ0n) is 20.9. The van der Waals surface area contributed by atoms with Crippen LogP contribution in [-0.4, -0.2) is 49.7 Å². The maximum atomic E-state index is 13.1. The second kappa shape index (κ2) is 8.99. The number of para-hydroxylation sites is 2. The quantitative estimate of drug-likeness (QED) is 0.422. The minimum Gasteiger partial charge on any atom is -0.495 e. The lowest BCUT2D eigenvalue weighted by molar-refractivity contribution is -0.129.